The van der Waals surface area contributed by atoms with Gasteiger partial charge in [-0.25, -0.2) is 0 Å². The Morgan fingerprint density at radius 1 is 0.941 bits per heavy atom. The molecule has 1 aliphatic rings. The minimum absolute atomic E-state index is 0.00600. The largest absolute Gasteiger partial charge is 0.343 e. The fourth-order valence-electron chi connectivity index (χ4n) is 2.34. The number of hydrogen-bond donors (Lipinski definition) is 1. The van der Waals surface area contributed by atoms with Gasteiger partial charge in [0.05, 0.1) is 18.2 Å². The van der Waals surface area contributed by atoms with Gasteiger partial charge in [0.1, 0.15) is 0 Å². The van der Waals surface area contributed by atoms with E-state index in [1.165, 1.54) is 0 Å². The highest BCUT2D eigenvalue weighted by Crippen LogP contribution is 2.37. The Hall–Kier alpha value is -0.380. The predicted octanol–water partition coefficient (Wildman–Crippen LogP) is 2.70. The van der Waals surface area contributed by atoms with Crippen LogP contribution in [0.15, 0.2) is 12.7 Å². The number of hydrogen-bond acceptors (Lipinski definition) is 3. The first-order chi connectivity index (χ1) is 7.57. The maximum atomic E-state index is 6.33. The van der Waals surface area contributed by atoms with Crippen LogP contribution in [-0.2, 0) is 9.47 Å². The van der Waals surface area contributed by atoms with Crippen molar-refractivity contribution in [2.24, 2.45) is 16.6 Å². The van der Waals surface area contributed by atoms with Gasteiger partial charge < -0.3 is 15.2 Å². The van der Waals surface area contributed by atoms with Crippen molar-refractivity contribution >= 4 is 0 Å². The molecule has 0 radical (unpaired) electrons. The Kier molecular flexibility index (Phi) is 4.07. The normalized spacial score (nSPS) is 35.7. The molecule has 3 unspecified atom stereocenters. The van der Waals surface area contributed by atoms with E-state index in [-0.39, 0.29) is 35.4 Å². The lowest BCUT2D eigenvalue weighted by Gasteiger charge is -2.49. The van der Waals surface area contributed by atoms with Gasteiger partial charge in [-0.3, -0.25) is 0 Å². The zero-order valence-electron chi connectivity index (χ0n) is 12.0. The summed E-state index contributed by atoms with van der Waals surface area (Å²) in [5.74, 6) is 0. The SMILES string of the molecule is C=CC1OC(C(C)(C)C)C(N)[C@H](C(C)(C)C)O1. The molecule has 1 aliphatic heterocycles. The van der Waals surface area contributed by atoms with Crippen molar-refractivity contribution in [3.05, 3.63) is 12.7 Å². The van der Waals surface area contributed by atoms with E-state index in [0.717, 1.165) is 0 Å². The molecular formula is C14H27NO2. The van der Waals surface area contributed by atoms with Crippen LogP contribution in [0.2, 0.25) is 0 Å². The molecular weight excluding hydrogens is 214 g/mol. The summed E-state index contributed by atoms with van der Waals surface area (Å²) in [6, 6.07) is -0.119. The van der Waals surface area contributed by atoms with E-state index in [9.17, 15) is 0 Å². The van der Waals surface area contributed by atoms with Crippen molar-refractivity contribution in [2.75, 3.05) is 0 Å². The Morgan fingerprint density at radius 2 is 1.29 bits per heavy atom. The second-order valence-electron chi connectivity index (χ2n) is 7.03. The summed E-state index contributed by atoms with van der Waals surface area (Å²) < 4.78 is 11.7. The lowest BCUT2D eigenvalue weighted by atomic mass is 9.75. The van der Waals surface area contributed by atoms with Crippen molar-refractivity contribution in [3.8, 4) is 0 Å². The van der Waals surface area contributed by atoms with E-state index in [4.69, 9.17) is 15.2 Å². The number of nitrogens with two attached hydrogens (primary N) is 1. The Morgan fingerprint density at radius 3 is 1.53 bits per heavy atom. The van der Waals surface area contributed by atoms with Gasteiger partial charge in [0.25, 0.3) is 0 Å². The average molecular weight is 241 g/mol. The van der Waals surface area contributed by atoms with Crippen molar-refractivity contribution in [2.45, 2.75) is 66.1 Å². The second kappa shape index (κ2) is 4.71. The van der Waals surface area contributed by atoms with Gasteiger partial charge in [-0.1, -0.05) is 48.1 Å². The molecule has 0 aromatic heterocycles. The van der Waals surface area contributed by atoms with E-state index < -0.39 is 0 Å². The maximum absolute atomic E-state index is 6.33. The van der Waals surface area contributed by atoms with Crippen molar-refractivity contribution < 1.29 is 9.47 Å². The molecule has 2 N–H and O–H groups in total. The minimum atomic E-state index is -0.358. The van der Waals surface area contributed by atoms with Gasteiger partial charge in [0.15, 0.2) is 6.29 Å². The van der Waals surface area contributed by atoms with E-state index in [0.29, 0.717) is 0 Å². The summed E-state index contributed by atoms with van der Waals surface area (Å²) in [4.78, 5) is 0. The average Bonchev–Trinajstić information content (AvgIpc) is 2.14. The molecule has 1 fully saturated rings. The van der Waals surface area contributed by atoms with Crippen LogP contribution in [0.1, 0.15) is 41.5 Å². The molecule has 100 valence electrons. The number of ether oxygens (including phenoxy) is 2. The van der Waals surface area contributed by atoms with Crippen LogP contribution in [0.25, 0.3) is 0 Å². The molecule has 3 heteroatoms. The molecule has 1 rings (SSSR count). The second-order valence-corrected chi connectivity index (χ2v) is 7.03. The summed E-state index contributed by atoms with van der Waals surface area (Å²) in [5, 5.41) is 0. The first-order valence-corrected chi connectivity index (χ1v) is 6.26. The van der Waals surface area contributed by atoms with Gasteiger partial charge >= 0.3 is 0 Å². The van der Waals surface area contributed by atoms with Crippen molar-refractivity contribution in [3.63, 3.8) is 0 Å². The van der Waals surface area contributed by atoms with Crippen LogP contribution < -0.4 is 5.73 Å². The van der Waals surface area contributed by atoms with Gasteiger partial charge in [0, 0.05) is 0 Å². The van der Waals surface area contributed by atoms with E-state index >= 15 is 0 Å². The first kappa shape index (κ1) is 14.7. The molecule has 0 spiro atoms. The standard InChI is InChI=1S/C14H27NO2/c1-8-9-16-11(13(2,3)4)10(15)12(17-9)14(5,6)7/h8-12H,1,15H2,2-7H3/t9?,10?,11-,12?/m1/s1. The third-order valence-electron chi connectivity index (χ3n) is 3.16. The summed E-state index contributed by atoms with van der Waals surface area (Å²) >= 11 is 0. The molecule has 0 aromatic carbocycles. The van der Waals surface area contributed by atoms with Crippen LogP contribution >= 0.6 is 0 Å². The maximum Gasteiger partial charge on any atom is 0.177 e. The zero-order valence-corrected chi connectivity index (χ0v) is 12.0. The predicted molar refractivity (Wildman–Crippen MR) is 70.6 cm³/mol. The van der Waals surface area contributed by atoms with E-state index in [1.807, 2.05) is 0 Å². The number of rotatable bonds is 1. The summed E-state index contributed by atoms with van der Waals surface area (Å²) in [7, 11) is 0. The Labute approximate surface area is 105 Å². The first-order valence-electron chi connectivity index (χ1n) is 6.26. The van der Waals surface area contributed by atoms with Crippen molar-refractivity contribution in [1.29, 1.82) is 0 Å². The highest BCUT2D eigenvalue weighted by atomic mass is 16.7. The van der Waals surface area contributed by atoms with Crippen LogP contribution in [0.3, 0.4) is 0 Å². The van der Waals surface area contributed by atoms with E-state index in [1.54, 1.807) is 6.08 Å². The van der Waals surface area contributed by atoms with Crippen molar-refractivity contribution in [1.82, 2.24) is 0 Å². The van der Waals surface area contributed by atoms with E-state index in [2.05, 4.69) is 48.1 Å². The van der Waals surface area contributed by atoms with Gasteiger partial charge in [-0.2, -0.15) is 0 Å². The molecule has 0 aliphatic carbocycles. The Balaban J connectivity index is 2.98. The van der Waals surface area contributed by atoms with Crippen LogP contribution in [-0.4, -0.2) is 24.5 Å². The molecule has 0 amide bonds. The van der Waals surface area contributed by atoms with Crippen LogP contribution in [0, 0.1) is 10.8 Å². The van der Waals surface area contributed by atoms with Crippen LogP contribution in [0.5, 0.6) is 0 Å². The topological polar surface area (TPSA) is 44.5 Å². The fraction of sp³-hybridized carbons (Fsp3) is 0.857. The smallest absolute Gasteiger partial charge is 0.177 e. The molecule has 1 heterocycles. The highest BCUT2D eigenvalue weighted by Gasteiger charge is 2.46. The molecule has 17 heavy (non-hydrogen) atoms. The molecule has 0 bridgehead atoms. The lowest BCUT2D eigenvalue weighted by molar-refractivity contribution is -0.267. The van der Waals surface area contributed by atoms with Gasteiger partial charge in [-0.05, 0) is 16.9 Å². The summed E-state index contributed by atoms with van der Waals surface area (Å²) in [5.41, 5.74) is 6.32. The minimum Gasteiger partial charge on any atom is -0.343 e. The quantitative estimate of drug-likeness (QED) is 0.718. The van der Waals surface area contributed by atoms with Gasteiger partial charge in [-0.15, -0.1) is 0 Å². The lowest BCUT2D eigenvalue weighted by Crippen LogP contribution is -2.62. The third-order valence-corrected chi connectivity index (χ3v) is 3.16. The fourth-order valence-corrected chi connectivity index (χ4v) is 2.34. The summed E-state index contributed by atoms with van der Waals surface area (Å²) in [6.07, 6.45) is 1.29. The Bertz CT molecular complexity index is 251. The molecule has 1 saturated heterocycles. The zero-order chi connectivity index (χ0) is 13.4. The third kappa shape index (κ3) is 3.30. The molecule has 4 atom stereocenters. The van der Waals surface area contributed by atoms with Crippen LogP contribution in [0.4, 0.5) is 0 Å². The highest BCUT2D eigenvalue weighted by molar-refractivity contribution is 4.98. The molecule has 0 saturated carbocycles. The monoisotopic (exact) mass is 241 g/mol. The molecule has 0 aromatic rings. The summed E-state index contributed by atoms with van der Waals surface area (Å²) in [6.45, 7) is 16.6. The molecule has 3 nitrogen and oxygen atoms in total. The van der Waals surface area contributed by atoms with Gasteiger partial charge in [0.2, 0.25) is 0 Å².